The zero-order chi connectivity index (χ0) is 21.1. The highest BCUT2D eigenvalue weighted by atomic mass is 16.5. The van der Waals surface area contributed by atoms with Crippen LogP contribution < -0.4 is 24.6 Å². The molecule has 0 saturated carbocycles. The molecule has 0 spiro atoms. The molecule has 0 radical (unpaired) electrons. The van der Waals surface area contributed by atoms with Crippen LogP contribution in [0.4, 0.5) is 0 Å². The first-order valence-corrected chi connectivity index (χ1v) is 8.91. The van der Waals surface area contributed by atoms with Gasteiger partial charge in [-0.05, 0) is 49.2 Å². The Balaban J connectivity index is 1.88. The van der Waals surface area contributed by atoms with Crippen molar-refractivity contribution >= 4 is 16.9 Å². The lowest BCUT2D eigenvalue weighted by molar-refractivity contribution is -0.133. The molecule has 2 aromatic carbocycles. The largest absolute Gasteiger partial charge is 0.493 e. The van der Waals surface area contributed by atoms with E-state index in [4.69, 9.17) is 23.4 Å². The lowest BCUT2D eigenvalue weighted by Gasteiger charge is -2.14. The van der Waals surface area contributed by atoms with Crippen molar-refractivity contribution in [1.82, 2.24) is 0 Å². The van der Waals surface area contributed by atoms with Gasteiger partial charge in [0, 0.05) is 17.0 Å². The molecular formula is C22H22O7. The SMILES string of the molecule is COc1cc(CC(=O)Oc2ccc3c(C)cc(=O)oc3c2C)cc(OC)c1OC. The molecular weight excluding hydrogens is 376 g/mol. The van der Waals surface area contributed by atoms with E-state index in [1.807, 2.05) is 6.92 Å². The molecule has 0 aliphatic heterocycles. The highest BCUT2D eigenvalue weighted by Gasteiger charge is 2.17. The van der Waals surface area contributed by atoms with Crippen molar-refractivity contribution in [3.05, 3.63) is 57.4 Å². The number of rotatable bonds is 6. The monoisotopic (exact) mass is 398 g/mol. The number of hydrogen-bond acceptors (Lipinski definition) is 7. The predicted octanol–water partition coefficient (Wildman–Crippen LogP) is 3.58. The zero-order valence-corrected chi connectivity index (χ0v) is 17.0. The van der Waals surface area contributed by atoms with Crippen molar-refractivity contribution in [2.45, 2.75) is 20.3 Å². The van der Waals surface area contributed by atoms with Gasteiger partial charge in [-0.15, -0.1) is 0 Å². The fourth-order valence-corrected chi connectivity index (χ4v) is 3.17. The number of hydrogen-bond donors (Lipinski definition) is 0. The van der Waals surface area contributed by atoms with Crippen LogP contribution in [-0.2, 0) is 11.2 Å². The van der Waals surface area contributed by atoms with Crippen LogP contribution >= 0.6 is 0 Å². The van der Waals surface area contributed by atoms with E-state index in [0.717, 1.165) is 10.9 Å². The van der Waals surface area contributed by atoms with Crippen LogP contribution in [0.5, 0.6) is 23.0 Å². The smallest absolute Gasteiger partial charge is 0.336 e. The molecule has 1 aromatic heterocycles. The molecule has 7 heteroatoms. The van der Waals surface area contributed by atoms with Crippen molar-refractivity contribution in [3.8, 4) is 23.0 Å². The van der Waals surface area contributed by atoms with Crippen LogP contribution in [0.25, 0.3) is 11.0 Å². The Morgan fingerprint density at radius 1 is 0.931 bits per heavy atom. The molecule has 0 aliphatic carbocycles. The summed E-state index contributed by atoms with van der Waals surface area (Å²) < 4.78 is 26.7. The van der Waals surface area contributed by atoms with E-state index in [9.17, 15) is 9.59 Å². The summed E-state index contributed by atoms with van der Waals surface area (Å²) in [5, 5.41) is 0.798. The van der Waals surface area contributed by atoms with Crippen LogP contribution in [0, 0.1) is 13.8 Å². The van der Waals surface area contributed by atoms with Gasteiger partial charge in [-0.3, -0.25) is 4.79 Å². The Labute approximate surface area is 167 Å². The number of aryl methyl sites for hydroxylation is 2. The third-order valence-electron chi connectivity index (χ3n) is 4.61. The van der Waals surface area contributed by atoms with Crippen LogP contribution in [0.3, 0.4) is 0 Å². The highest BCUT2D eigenvalue weighted by molar-refractivity contribution is 5.86. The van der Waals surface area contributed by atoms with Crippen molar-refractivity contribution in [2.75, 3.05) is 21.3 Å². The minimum Gasteiger partial charge on any atom is -0.493 e. The van der Waals surface area contributed by atoms with Crippen molar-refractivity contribution < 1.29 is 28.2 Å². The van der Waals surface area contributed by atoms with E-state index in [2.05, 4.69) is 0 Å². The number of carbonyl (C=O) groups excluding carboxylic acids is 1. The number of benzene rings is 2. The molecule has 0 aliphatic rings. The number of carbonyl (C=O) groups is 1. The van der Waals surface area contributed by atoms with Gasteiger partial charge < -0.3 is 23.4 Å². The first-order valence-electron chi connectivity index (χ1n) is 8.91. The van der Waals surface area contributed by atoms with Crippen LogP contribution in [0.2, 0.25) is 0 Å². The third kappa shape index (κ3) is 4.03. The fourth-order valence-electron chi connectivity index (χ4n) is 3.17. The number of esters is 1. The zero-order valence-electron chi connectivity index (χ0n) is 17.0. The standard InChI is InChI=1S/C22H22O7/c1-12-8-19(23)29-21-13(2)16(7-6-15(12)21)28-20(24)11-14-9-17(25-3)22(27-5)18(10-14)26-4/h6-10H,11H2,1-5H3. The van der Waals surface area contributed by atoms with Crippen LogP contribution in [0.15, 0.2) is 39.5 Å². The Kier molecular flexibility index (Phi) is 5.77. The summed E-state index contributed by atoms with van der Waals surface area (Å²) >= 11 is 0. The topological polar surface area (TPSA) is 84.2 Å². The molecule has 1 heterocycles. The molecule has 152 valence electrons. The van der Waals surface area contributed by atoms with E-state index in [1.54, 1.807) is 31.2 Å². The second-order valence-corrected chi connectivity index (χ2v) is 6.50. The van der Waals surface area contributed by atoms with Gasteiger partial charge in [0.05, 0.1) is 27.8 Å². The van der Waals surface area contributed by atoms with Gasteiger partial charge in [0.1, 0.15) is 11.3 Å². The van der Waals surface area contributed by atoms with Crippen molar-refractivity contribution in [1.29, 1.82) is 0 Å². The van der Waals surface area contributed by atoms with Gasteiger partial charge >= 0.3 is 11.6 Å². The molecule has 0 fully saturated rings. The van der Waals surface area contributed by atoms with Crippen LogP contribution in [0.1, 0.15) is 16.7 Å². The van der Waals surface area contributed by atoms with Gasteiger partial charge in [0.15, 0.2) is 11.5 Å². The third-order valence-corrected chi connectivity index (χ3v) is 4.61. The molecule has 0 N–H and O–H groups in total. The normalized spacial score (nSPS) is 10.7. The Hall–Kier alpha value is -3.48. The summed E-state index contributed by atoms with van der Waals surface area (Å²) in [7, 11) is 4.53. The first kappa shape index (κ1) is 20.3. The quantitative estimate of drug-likeness (QED) is 0.356. The summed E-state index contributed by atoms with van der Waals surface area (Å²) in [5.41, 5.74) is 1.99. The second-order valence-electron chi connectivity index (χ2n) is 6.50. The lowest BCUT2D eigenvalue weighted by Crippen LogP contribution is -2.12. The van der Waals surface area contributed by atoms with Gasteiger partial charge in [-0.2, -0.15) is 0 Å². The molecule has 29 heavy (non-hydrogen) atoms. The van der Waals surface area contributed by atoms with E-state index < -0.39 is 11.6 Å². The average Bonchev–Trinajstić information content (AvgIpc) is 2.69. The molecule has 0 bridgehead atoms. The summed E-state index contributed by atoms with van der Waals surface area (Å²) in [6, 6.07) is 8.27. The number of ether oxygens (including phenoxy) is 4. The molecule has 0 saturated heterocycles. The van der Waals surface area contributed by atoms with E-state index in [-0.39, 0.29) is 6.42 Å². The highest BCUT2D eigenvalue weighted by Crippen LogP contribution is 2.38. The van der Waals surface area contributed by atoms with E-state index in [0.29, 0.717) is 39.7 Å². The van der Waals surface area contributed by atoms with E-state index >= 15 is 0 Å². The summed E-state index contributed by atoms with van der Waals surface area (Å²) in [4.78, 5) is 24.2. The maximum atomic E-state index is 12.5. The molecule has 0 atom stereocenters. The Morgan fingerprint density at radius 3 is 2.17 bits per heavy atom. The summed E-state index contributed by atoms with van der Waals surface area (Å²) in [6.07, 6.45) is -0.00798. The summed E-state index contributed by atoms with van der Waals surface area (Å²) in [5.74, 6) is 1.21. The Bertz CT molecular complexity index is 1100. The van der Waals surface area contributed by atoms with Crippen molar-refractivity contribution in [2.24, 2.45) is 0 Å². The van der Waals surface area contributed by atoms with Crippen LogP contribution in [-0.4, -0.2) is 27.3 Å². The van der Waals surface area contributed by atoms with Gasteiger partial charge in [0.25, 0.3) is 0 Å². The maximum absolute atomic E-state index is 12.5. The Morgan fingerprint density at radius 2 is 1.59 bits per heavy atom. The number of methoxy groups -OCH3 is 3. The number of fused-ring (bicyclic) bond motifs is 1. The molecule has 3 rings (SSSR count). The maximum Gasteiger partial charge on any atom is 0.336 e. The fraction of sp³-hybridized carbons (Fsp3) is 0.273. The van der Waals surface area contributed by atoms with Crippen molar-refractivity contribution in [3.63, 3.8) is 0 Å². The van der Waals surface area contributed by atoms with Gasteiger partial charge in [0.2, 0.25) is 5.75 Å². The molecule has 3 aromatic rings. The predicted molar refractivity (Wildman–Crippen MR) is 107 cm³/mol. The molecule has 0 amide bonds. The minimum absolute atomic E-state index is 0.00798. The van der Waals surface area contributed by atoms with E-state index in [1.165, 1.54) is 27.4 Å². The first-order chi connectivity index (χ1) is 13.9. The average molecular weight is 398 g/mol. The molecule has 7 nitrogen and oxygen atoms in total. The summed E-state index contributed by atoms with van der Waals surface area (Å²) in [6.45, 7) is 3.57. The van der Waals surface area contributed by atoms with Gasteiger partial charge in [-0.25, -0.2) is 4.79 Å². The van der Waals surface area contributed by atoms with Gasteiger partial charge in [-0.1, -0.05) is 0 Å². The lowest BCUT2D eigenvalue weighted by atomic mass is 10.1. The second kappa shape index (κ2) is 8.26. The minimum atomic E-state index is -0.475. The molecule has 0 unspecified atom stereocenters.